The highest BCUT2D eigenvalue weighted by molar-refractivity contribution is 5.97. The third kappa shape index (κ3) is 4.25. The molecule has 2 heterocycles. The summed E-state index contributed by atoms with van der Waals surface area (Å²) in [5.41, 5.74) is 8.20. The van der Waals surface area contributed by atoms with Crippen LogP contribution < -0.4 is 0 Å². The van der Waals surface area contributed by atoms with Gasteiger partial charge in [-0.2, -0.15) is 0 Å². The highest BCUT2D eigenvalue weighted by atomic mass is 16.3. The van der Waals surface area contributed by atoms with Gasteiger partial charge in [0.05, 0.1) is 0 Å². The van der Waals surface area contributed by atoms with Gasteiger partial charge in [0.15, 0.2) is 5.58 Å². The van der Waals surface area contributed by atoms with Gasteiger partial charge in [-0.25, -0.2) is 0 Å². The average Bonchev–Trinajstić information content (AvgIpc) is 3.21. The molecule has 0 aliphatic carbocycles. The summed E-state index contributed by atoms with van der Waals surface area (Å²) in [6, 6.07) is 24.0. The molecule has 0 spiro atoms. The minimum Gasteiger partial charge on any atom is -0.454 e. The third-order valence-electron chi connectivity index (χ3n) is 6.51. The number of benzene rings is 3. The Hall–Kier alpha value is -3.39. The molecule has 0 aliphatic rings. The Balaban J connectivity index is 1.62. The van der Waals surface area contributed by atoms with E-state index in [9.17, 15) is 0 Å². The summed E-state index contributed by atoms with van der Waals surface area (Å²) in [6.07, 6.45) is 2.95. The van der Waals surface area contributed by atoms with Crippen LogP contribution >= 0.6 is 0 Å². The number of hydrogen-bond acceptors (Lipinski definition) is 2. The van der Waals surface area contributed by atoms with E-state index < -0.39 is 0 Å². The summed E-state index contributed by atoms with van der Waals surface area (Å²) >= 11 is 0. The molecule has 2 nitrogen and oxygen atoms in total. The Morgan fingerprint density at radius 2 is 1.68 bits per heavy atom. The molecular formula is C32H33NO. The summed E-state index contributed by atoms with van der Waals surface area (Å²) < 4.78 is 6.51. The number of hydrogen-bond donors (Lipinski definition) is 0. The maximum Gasteiger partial charge on any atom is 0.161 e. The van der Waals surface area contributed by atoms with Crippen molar-refractivity contribution in [2.75, 3.05) is 0 Å². The molecule has 0 atom stereocenters. The van der Waals surface area contributed by atoms with Crippen LogP contribution in [0.15, 0.2) is 77.3 Å². The zero-order chi connectivity index (χ0) is 24.0. The lowest BCUT2D eigenvalue weighted by atomic mass is 9.87. The summed E-state index contributed by atoms with van der Waals surface area (Å²) in [7, 11) is 0. The molecule has 34 heavy (non-hydrogen) atoms. The lowest BCUT2D eigenvalue weighted by molar-refractivity contribution is 0.411. The van der Waals surface area contributed by atoms with Crippen LogP contribution in [0.4, 0.5) is 0 Å². The van der Waals surface area contributed by atoms with Crippen LogP contribution in [-0.2, 0) is 6.42 Å². The van der Waals surface area contributed by atoms with Crippen molar-refractivity contribution in [1.29, 1.82) is 0 Å². The number of furan rings is 1. The van der Waals surface area contributed by atoms with Crippen LogP contribution in [0.25, 0.3) is 44.3 Å². The first-order valence-electron chi connectivity index (χ1n) is 12.2. The Kier molecular flexibility index (Phi) is 5.56. The van der Waals surface area contributed by atoms with Gasteiger partial charge < -0.3 is 4.42 Å². The largest absolute Gasteiger partial charge is 0.454 e. The van der Waals surface area contributed by atoms with Gasteiger partial charge in [-0.15, -0.1) is 0 Å². The minimum absolute atomic E-state index is 0.266. The predicted molar refractivity (Wildman–Crippen MR) is 144 cm³/mol. The molecule has 5 rings (SSSR count). The van der Waals surface area contributed by atoms with E-state index in [0.29, 0.717) is 5.92 Å². The number of pyridine rings is 1. The molecule has 0 aliphatic heterocycles. The lowest BCUT2D eigenvalue weighted by Gasteiger charge is -2.18. The smallest absolute Gasteiger partial charge is 0.161 e. The van der Waals surface area contributed by atoms with Gasteiger partial charge in [0.25, 0.3) is 0 Å². The maximum atomic E-state index is 6.51. The fourth-order valence-corrected chi connectivity index (χ4v) is 4.98. The maximum absolute atomic E-state index is 6.51. The summed E-state index contributed by atoms with van der Waals surface area (Å²) in [6.45, 7) is 13.5. The molecule has 2 aromatic heterocycles. The van der Waals surface area contributed by atoms with Gasteiger partial charge in [0.1, 0.15) is 11.5 Å². The fraction of sp³-hybridized carbons (Fsp3) is 0.281. The topological polar surface area (TPSA) is 26.0 Å². The van der Waals surface area contributed by atoms with E-state index in [1.54, 1.807) is 0 Å². The monoisotopic (exact) mass is 447 g/mol. The van der Waals surface area contributed by atoms with Crippen molar-refractivity contribution >= 4 is 21.7 Å². The summed E-state index contributed by atoms with van der Waals surface area (Å²) in [4.78, 5) is 4.77. The van der Waals surface area contributed by atoms with Crippen molar-refractivity contribution in [3.05, 3.63) is 89.6 Å². The van der Waals surface area contributed by atoms with Crippen molar-refractivity contribution in [1.82, 2.24) is 4.98 Å². The fourth-order valence-electron chi connectivity index (χ4n) is 4.98. The molecule has 0 radical (unpaired) electrons. The van der Waals surface area contributed by atoms with E-state index in [2.05, 4.69) is 102 Å². The zero-order valence-electron chi connectivity index (χ0n) is 21.1. The number of rotatable bonds is 4. The van der Waals surface area contributed by atoms with Gasteiger partial charge in [0.2, 0.25) is 0 Å². The standard InChI is InChI=1S/C32H33NO/c1-20(2)28-17-25(16-23-9-7-8-10-27(23)28)30-31-24(13-14-33-30)18-29(34-31)26-12-11-22(15-21(26)3)19-32(4,5)6/h7-18,20H,19H2,1-6H3. The molecule has 5 aromatic rings. The molecule has 0 saturated carbocycles. The first kappa shape index (κ1) is 22.4. The zero-order valence-corrected chi connectivity index (χ0v) is 21.1. The number of nitrogens with zero attached hydrogens (tertiary/aromatic N) is 1. The van der Waals surface area contributed by atoms with E-state index in [-0.39, 0.29) is 5.41 Å². The van der Waals surface area contributed by atoms with Crippen LogP contribution in [0, 0.1) is 12.3 Å². The van der Waals surface area contributed by atoms with E-state index >= 15 is 0 Å². The van der Waals surface area contributed by atoms with E-state index in [1.165, 1.54) is 27.5 Å². The SMILES string of the molecule is Cc1cc(CC(C)(C)C)ccc1-c1cc2ccnc(-c3cc(C(C)C)c4ccccc4c3)c2o1. The molecule has 0 unspecified atom stereocenters. The highest BCUT2D eigenvalue weighted by Crippen LogP contribution is 2.37. The number of aromatic nitrogens is 1. The van der Waals surface area contributed by atoms with Crippen molar-refractivity contribution in [2.45, 2.75) is 53.9 Å². The minimum atomic E-state index is 0.266. The second-order valence-corrected chi connectivity index (χ2v) is 11.0. The van der Waals surface area contributed by atoms with Crippen LogP contribution in [0.2, 0.25) is 0 Å². The molecule has 3 aromatic carbocycles. The first-order chi connectivity index (χ1) is 16.2. The molecule has 2 heteroatoms. The van der Waals surface area contributed by atoms with E-state index in [4.69, 9.17) is 9.40 Å². The first-order valence-corrected chi connectivity index (χ1v) is 12.2. The van der Waals surface area contributed by atoms with Gasteiger partial charge >= 0.3 is 0 Å². The molecule has 0 bridgehead atoms. The Morgan fingerprint density at radius 1 is 0.882 bits per heavy atom. The average molecular weight is 448 g/mol. The highest BCUT2D eigenvalue weighted by Gasteiger charge is 2.17. The molecule has 0 amide bonds. The molecule has 0 N–H and O–H groups in total. The predicted octanol–water partition coefficient (Wildman–Crippen LogP) is 9.34. The van der Waals surface area contributed by atoms with Crippen LogP contribution in [-0.4, -0.2) is 4.98 Å². The number of fused-ring (bicyclic) bond motifs is 2. The molecule has 0 fully saturated rings. The third-order valence-corrected chi connectivity index (χ3v) is 6.51. The Morgan fingerprint density at radius 3 is 2.41 bits per heavy atom. The Bertz CT molecular complexity index is 1500. The second-order valence-electron chi connectivity index (χ2n) is 11.0. The van der Waals surface area contributed by atoms with Gasteiger partial charge in [-0.05, 0) is 76.4 Å². The Labute approximate surface area is 202 Å². The molecular weight excluding hydrogens is 414 g/mol. The second kappa shape index (κ2) is 8.43. The van der Waals surface area contributed by atoms with Gasteiger partial charge in [-0.1, -0.05) is 77.1 Å². The number of aryl methyl sites for hydroxylation is 1. The molecule has 172 valence electrons. The van der Waals surface area contributed by atoms with E-state index in [1.807, 2.05) is 12.3 Å². The van der Waals surface area contributed by atoms with E-state index in [0.717, 1.165) is 40.0 Å². The van der Waals surface area contributed by atoms with Crippen molar-refractivity contribution in [3.63, 3.8) is 0 Å². The van der Waals surface area contributed by atoms with Gasteiger partial charge in [0, 0.05) is 22.7 Å². The quantitative estimate of drug-likeness (QED) is 0.274. The van der Waals surface area contributed by atoms with Gasteiger partial charge in [-0.3, -0.25) is 4.98 Å². The summed E-state index contributed by atoms with van der Waals surface area (Å²) in [5, 5.41) is 3.62. The van der Waals surface area contributed by atoms with Crippen molar-refractivity contribution in [3.8, 4) is 22.6 Å². The van der Waals surface area contributed by atoms with Crippen LogP contribution in [0.1, 0.15) is 57.2 Å². The normalized spacial score (nSPS) is 12.2. The van der Waals surface area contributed by atoms with Crippen LogP contribution in [0.5, 0.6) is 0 Å². The van der Waals surface area contributed by atoms with Crippen molar-refractivity contribution in [2.24, 2.45) is 5.41 Å². The van der Waals surface area contributed by atoms with Crippen LogP contribution in [0.3, 0.4) is 0 Å². The van der Waals surface area contributed by atoms with Crippen molar-refractivity contribution < 1.29 is 4.42 Å². The lowest BCUT2D eigenvalue weighted by Crippen LogP contribution is -2.09. The summed E-state index contributed by atoms with van der Waals surface area (Å²) in [5.74, 6) is 1.32. The molecule has 0 saturated heterocycles.